The first kappa shape index (κ1) is 16.7. The topological polar surface area (TPSA) is 67.4 Å². The van der Waals surface area contributed by atoms with Gasteiger partial charge in [-0.15, -0.1) is 11.3 Å². The highest BCUT2D eigenvalue weighted by Gasteiger charge is 2.14. The summed E-state index contributed by atoms with van der Waals surface area (Å²) in [7, 11) is 0. The number of benzene rings is 1. The molecule has 1 aromatic carbocycles. The molecule has 1 aromatic heterocycles. The monoisotopic (exact) mass is 334 g/mol. The molecule has 0 saturated carbocycles. The fourth-order valence-electron chi connectivity index (χ4n) is 1.58. The number of carbonyl (C=O) groups is 2. The van der Waals surface area contributed by atoms with E-state index in [1.807, 2.05) is 17.5 Å². The van der Waals surface area contributed by atoms with Crippen LogP contribution in [0.1, 0.15) is 11.8 Å². The van der Waals surface area contributed by atoms with Crippen molar-refractivity contribution in [1.82, 2.24) is 10.9 Å². The quantitative estimate of drug-likeness (QED) is 0.652. The number of nitrogens with one attached hydrogen (secondary N) is 2. The SMILES string of the molecule is CC(Oc1ccc(F)cc1)C(=O)NNC(=O)C=Cc1cccs1. The number of hydrazine groups is 1. The molecule has 23 heavy (non-hydrogen) atoms. The summed E-state index contributed by atoms with van der Waals surface area (Å²) in [6, 6.07) is 9.04. The Labute approximate surface area is 136 Å². The van der Waals surface area contributed by atoms with Crippen molar-refractivity contribution < 1.29 is 18.7 Å². The lowest BCUT2D eigenvalue weighted by Crippen LogP contribution is -2.46. The Kier molecular flexibility index (Phi) is 5.87. The van der Waals surface area contributed by atoms with Gasteiger partial charge < -0.3 is 4.74 Å². The van der Waals surface area contributed by atoms with Crippen LogP contribution in [0.3, 0.4) is 0 Å². The summed E-state index contributed by atoms with van der Waals surface area (Å²) < 4.78 is 18.1. The van der Waals surface area contributed by atoms with Crippen molar-refractivity contribution in [3.63, 3.8) is 0 Å². The molecular weight excluding hydrogens is 319 g/mol. The minimum atomic E-state index is -0.845. The number of hydrogen-bond acceptors (Lipinski definition) is 4. The molecule has 2 amide bonds. The Balaban J connectivity index is 1.77. The molecule has 0 aliphatic heterocycles. The summed E-state index contributed by atoms with van der Waals surface area (Å²) in [6.45, 7) is 1.52. The third-order valence-corrected chi connectivity index (χ3v) is 3.58. The summed E-state index contributed by atoms with van der Waals surface area (Å²) in [4.78, 5) is 24.3. The van der Waals surface area contributed by atoms with Crippen molar-refractivity contribution in [2.24, 2.45) is 0 Å². The smallest absolute Gasteiger partial charge is 0.279 e. The third kappa shape index (κ3) is 5.55. The highest BCUT2D eigenvalue weighted by atomic mass is 32.1. The Morgan fingerprint density at radius 3 is 2.61 bits per heavy atom. The van der Waals surface area contributed by atoms with Crippen LogP contribution < -0.4 is 15.6 Å². The summed E-state index contributed by atoms with van der Waals surface area (Å²) in [5, 5.41) is 1.90. The van der Waals surface area contributed by atoms with Crippen molar-refractivity contribution in [1.29, 1.82) is 0 Å². The number of hydrogen-bond donors (Lipinski definition) is 2. The van der Waals surface area contributed by atoms with Crippen molar-refractivity contribution in [3.05, 3.63) is 58.5 Å². The van der Waals surface area contributed by atoms with Gasteiger partial charge in [0.2, 0.25) is 0 Å². The number of carbonyl (C=O) groups excluding carboxylic acids is 2. The van der Waals surface area contributed by atoms with Gasteiger partial charge in [-0.2, -0.15) is 0 Å². The van der Waals surface area contributed by atoms with Gasteiger partial charge in [0.15, 0.2) is 6.10 Å². The van der Waals surface area contributed by atoms with Gasteiger partial charge in [0.05, 0.1) is 0 Å². The van der Waals surface area contributed by atoms with Crippen molar-refractivity contribution >= 4 is 29.2 Å². The molecule has 7 heteroatoms. The number of halogens is 1. The van der Waals surface area contributed by atoms with Gasteiger partial charge in [-0.1, -0.05) is 6.07 Å². The van der Waals surface area contributed by atoms with Gasteiger partial charge in [0.25, 0.3) is 11.8 Å². The zero-order valence-corrected chi connectivity index (χ0v) is 13.1. The van der Waals surface area contributed by atoms with Gasteiger partial charge in [-0.05, 0) is 48.7 Å². The number of amides is 2. The molecule has 0 radical (unpaired) electrons. The second-order valence-corrected chi connectivity index (χ2v) is 5.52. The zero-order valence-electron chi connectivity index (χ0n) is 12.3. The average Bonchev–Trinajstić information content (AvgIpc) is 3.06. The zero-order chi connectivity index (χ0) is 16.7. The van der Waals surface area contributed by atoms with Crippen molar-refractivity contribution in [2.45, 2.75) is 13.0 Å². The first-order valence-corrected chi connectivity index (χ1v) is 7.66. The van der Waals surface area contributed by atoms with E-state index in [0.717, 1.165) is 4.88 Å². The van der Waals surface area contributed by atoms with E-state index in [1.54, 1.807) is 6.08 Å². The lowest BCUT2D eigenvalue weighted by Gasteiger charge is -2.14. The molecule has 2 aromatic rings. The van der Waals surface area contributed by atoms with E-state index in [0.29, 0.717) is 5.75 Å². The Morgan fingerprint density at radius 2 is 1.96 bits per heavy atom. The van der Waals surface area contributed by atoms with Crippen LogP contribution in [0.15, 0.2) is 47.9 Å². The van der Waals surface area contributed by atoms with Crippen LogP contribution in [0.5, 0.6) is 5.75 Å². The highest BCUT2D eigenvalue weighted by molar-refractivity contribution is 7.10. The van der Waals surface area contributed by atoms with Crippen molar-refractivity contribution in [2.75, 3.05) is 0 Å². The van der Waals surface area contributed by atoms with Crippen LogP contribution in [0.25, 0.3) is 6.08 Å². The van der Waals surface area contributed by atoms with E-state index in [1.165, 1.54) is 48.6 Å². The summed E-state index contributed by atoms with van der Waals surface area (Å²) >= 11 is 1.50. The average molecular weight is 334 g/mol. The molecule has 0 fully saturated rings. The molecule has 120 valence electrons. The molecule has 0 spiro atoms. The molecule has 0 bridgehead atoms. The molecule has 5 nitrogen and oxygen atoms in total. The van der Waals surface area contributed by atoms with Crippen LogP contribution >= 0.6 is 11.3 Å². The van der Waals surface area contributed by atoms with Crippen LogP contribution in [0.2, 0.25) is 0 Å². The third-order valence-electron chi connectivity index (χ3n) is 2.75. The first-order valence-electron chi connectivity index (χ1n) is 6.78. The molecule has 0 aliphatic carbocycles. The lowest BCUT2D eigenvalue weighted by molar-refractivity contribution is -0.131. The lowest BCUT2D eigenvalue weighted by atomic mass is 10.3. The summed E-state index contributed by atoms with van der Waals surface area (Å²) in [6.07, 6.45) is 2.12. The maximum absolute atomic E-state index is 12.8. The largest absolute Gasteiger partial charge is 0.481 e. The van der Waals surface area contributed by atoms with Gasteiger partial charge in [0.1, 0.15) is 11.6 Å². The first-order chi connectivity index (χ1) is 11.0. The van der Waals surface area contributed by atoms with Crippen LogP contribution in [0.4, 0.5) is 4.39 Å². The van der Waals surface area contributed by atoms with Gasteiger partial charge in [-0.3, -0.25) is 20.4 Å². The molecule has 2 N–H and O–H groups in total. The molecule has 1 atom stereocenters. The summed E-state index contributed by atoms with van der Waals surface area (Å²) in [5.41, 5.74) is 4.52. The molecular formula is C16H15FN2O3S. The summed E-state index contributed by atoms with van der Waals surface area (Å²) in [5.74, 6) is -1.01. The fourth-order valence-corrected chi connectivity index (χ4v) is 2.20. The van der Waals surface area contributed by atoms with Gasteiger partial charge in [0, 0.05) is 11.0 Å². The number of thiophene rings is 1. The Morgan fingerprint density at radius 1 is 1.22 bits per heavy atom. The predicted molar refractivity (Wildman–Crippen MR) is 86.1 cm³/mol. The predicted octanol–water partition coefficient (Wildman–Crippen LogP) is 2.52. The minimum absolute atomic E-state index is 0.359. The van der Waals surface area contributed by atoms with E-state index >= 15 is 0 Å². The van der Waals surface area contributed by atoms with E-state index in [2.05, 4.69) is 10.9 Å². The van der Waals surface area contributed by atoms with Gasteiger partial charge in [-0.25, -0.2) is 4.39 Å². The number of rotatable bonds is 5. The fraction of sp³-hybridized carbons (Fsp3) is 0.125. The molecule has 0 aliphatic rings. The standard InChI is InChI=1S/C16H15FN2O3S/c1-11(22-13-6-4-12(17)5-7-13)16(21)19-18-15(20)9-8-14-3-2-10-23-14/h2-11H,1H3,(H,18,20)(H,19,21). The van der Waals surface area contributed by atoms with Crippen molar-refractivity contribution in [3.8, 4) is 5.75 Å². The van der Waals surface area contributed by atoms with E-state index in [4.69, 9.17) is 4.74 Å². The van der Waals surface area contributed by atoms with Crippen LogP contribution in [-0.4, -0.2) is 17.9 Å². The Hall–Kier alpha value is -2.67. The van der Waals surface area contributed by atoms with E-state index in [9.17, 15) is 14.0 Å². The second-order valence-electron chi connectivity index (χ2n) is 4.54. The normalized spacial score (nSPS) is 11.9. The maximum atomic E-state index is 12.8. The van der Waals surface area contributed by atoms with Crippen LogP contribution in [-0.2, 0) is 9.59 Å². The number of ether oxygens (including phenoxy) is 1. The molecule has 1 heterocycles. The highest BCUT2D eigenvalue weighted by Crippen LogP contribution is 2.13. The molecule has 1 unspecified atom stereocenters. The second kappa shape index (κ2) is 8.09. The minimum Gasteiger partial charge on any atom is -0.481 e. The Bertz CT molecular complexity index is 684. The van der Waals surface area contributed by atoms with E-state index < -0.39 is 17.9 Å². The molecule has 0 saturated heterocycles. The van der Waals surface area contributed by atoms with Crippen LogP contribution in [0, 0.1) is 5.82 Å². The molecule has 2 rings (SSSR count). The van der Waals surface area contributed by atoms with Gasteiger partial charge >= 0.3 is 0 Å². The van der Waals surface area contributed by atoms with E-state index in [-0.39, 0.29) is 5.82 Å². The maximum Gasteiger partial charge on any atom is 0.279 e.